The van der Waals surface area contributed by atoms with Crippen molar-refractivity contribution in [3.8, 4) is 0 Å². The van der Waals surface area contributed by atoms with Gasteiger partial charge in [-0.15, -0.1) is 0 Å². The van der Waals surface area contributed by atoms with E-state index in [4.69, 9.17) is 5.73 Å². The van der Waals surface area contributed by atoms with Crippen LogP contribution in [0.2, 0.25) is 0 Å². The lowest BCUT2D eigenvalue weighted by atomic mass is 9.99. The second-order valence-corrected chi connectivity index (χ2v) is 4.25. The minimum Gasteiger partial charge on any atom is -0.326 e. The van der Waals surface area contributed by atoms with Crippen molar-refractivity contribution in [2.24, 2.45) is 11.7 Å². The Morgan fingerprint density at radius 2 is 2.27 bits per heavy atom. The second-order valence-electron chi connectivity index (χ2n) is 4.25. The monoisotopic (exact) mass is 207 g/mol. The Balaban J connectivity index is 2.02. The Morgan fingerprint density at radius 1 is 1.53 bits per heavy atom. The van der Waals surface area contributed by atoms with Crippen LogP contribution >= 0.6 is 0 Å². The molecular formula is C11H17N3O. The molecule has 1 aliphatic rings. The second kappa shape index (κ2) is 4.57. The topological polar surface area (TPSA) is 60.9 Å². The summed E-state index contributed by atoms with van der Waals surface area (Å²) in [5.74, 6) is 0.568. The average Bonchev–Trinajstić information content (AvgIpc) is 2.74. The summed E-state index contributed by atoms with van der Waals surface area (Å²) in [6, 6.07) is 3.24. The molecule has 1 fully saturated rings. The number of nitrogens with zero attached hydrogens (tertiary/aromatic N) is 2. The van der Waals surface area contributed by atoms with E-state index in [1.165, 1.54) is 36.4 Å². The fraction of sp³-hybridized carbons (Fsp3) is 0.636. The largest absolute Gasteiger partial charge is 0.326 e. The molecule has 1 aromatic rings. The fourth-order valence-corrected chi connectivity index (χ4v) is 2.26. The minimum absolute atomic E-state index is 0.0639. The summed E-state index contributed by atoms with van der Waals surface area (Å²) >= 11 is 0. The lowest BCUT2D eigenvalue weighted by Crippen LogP contribution is -2.37. The Kier molecular flexibility index (Phi) is 3.16. The number of hydrogen-bond acceptors (Lipinski definition) is 3. The molecule has 0 saturated heterocycles. The first-order valence-corrected chi connectivity index (χ1v) is 5.55. The van der Waals surface area contributed by atoms with Crippen LogP contribution in [0.15, 0.2) is 23.1 Å². The molecule has 1 aromatic heterocycles. The maximum atomic E-state index is 11.4. The highest BCUT2D eigenvalue weighted by Gasteiger charge is 2.22. The summed E-state index contributed by atoms with van der Waals surface area (Å²) in [4.78, 5) is 11.4. The smallest absolute Gasteiger partial charge is 0.266 e. The van der Waals surface area contributed by atoms with E-state index in [2.05, 4.69) is 5.10 Å². The Bertz CT molecular complexity index is 368. The maximum Gasteiger partial charge on any atom is 0.266 e. The van der Waals surface area contributed by atoms with Crippen LogP contribution in [0.25, 0.3) is 0 Å². The highest BCUT2D eigenvalue weighted by molar-refractivity contribution is 4.86. The van der Waals surface area contributed by atoms with Gasteiger partial charge in [0, 0.05) is 18.3 Å². The Labute approximate surface area is 89.1 Å². The molecule has 1 heterocycles. The SMILES string of the molecule is NC(Cn1ncccc1=O)C1CCCC1. The summed E-state index contributed by atoms with van der Waals surface area (Å²) in [5, 5.41) is 4.01. The molecule has 4 heteroatoms. The summed E-state index contributed by atoms with van der Waals surface area (Å²) < 4.78 is 1.46. The Morgan fingerprint density at radius 3 is 2.93 bits per heavy atom. The van der Waals surface area contributed by atoms with Crippen LogP contribution in [-0.2, 0) is 6.54 Å². The summed E-state index contributed by atoms with van der Waals surface area (Å²) in [6.07, 6.45) is 6.57. The first kappa shape index (κ1) is 10.4. The van der Waals surface area contributed by atoms with Crippen molar-refractivity contribution in [3.05, 3.63) is 28.7 Å². The van der Waals surface area contributed by atoms with Gasteiger partial charge in [-0.05, 0) is 24.8 Å². The van der Waals surface area contributed by atoms with Gasteiger partial charge in [0.2, 0.25) is 0 Å². The van der Waals surface area contributed by atoms with Crippen molar-refractivity contribution < 1.29 is 0 Å². The molecule has 0 spiro atoms. The van der Waals surface area contributed by atoms with E-state index in [9.17, 15) is 4.79 Å². The Hall–Kier alpha value is -1.16. The average molecular weight is 207 g/mol. The van der Waals surface area contributed by atoms with Crippen molar-refractivity contribution in [3.63, 3.8) is 0 Å². The molecule has 1 unspecified atom stereocenters. The zero-order chi connectivity index (χ0) is 10.7. The van der Waals surface area contributed by atoms with Gasteiger partial charge < -0.3 is 5.73 Å². The number of rotatable bonds is 3. The first-order chi connectivity index (χ1) is 7.27. The molecule has 15 heavy (non-hydrogen) atoms. The molecule has 1 atom stereocenters. The lowest BCUT2D eigenvalue weighted by molar-refractivity contribution is 0.366. The number of aromatic nitrogens is 2. The van der Waals surface area contributed by atoms with Gasteiger partial charge in [0.1, 0.15) is 0 Å². The van der Waals surface area contributed by atoms with Crippen LogP contribution in [0, 0.1) is 5.92 Å². The molecule has 2 rings (SSSR count). The van der Waals surface area contributed by atoms with E-state index in [0.29, 0.717) is 12.5 Å². The standard InChI is InChI=1S/C11H17N3O/c12-10(9-4-1-2-5-9)8-14-11(15)6-3-7-13-14/h3,6-7,9-10H,1-2,4-5,8,12H2. The van der Waals surface area contributed by atoms with Gasteiger partial charge in [-0.25, -0.2) is 4.68 Å². The normalized spacial score (nSPS) is 19.3. The van der Waals surface area contributed by atoms with Crippen molar-refractivity contribution in [1.82, 2.24) is 9.78 Å². The molecule has 82 valence electrons. The molecule has 4 nitrogen and oxygen atoms in total. The van der Waals surface area contributed by atoms with E-state index < -0.39 is 0 Å². The van der Waals surface area contributed by atoms with E-state index in [-0.39, 0.29) is 11.6 Å². The molecule has 0 bridgehead atoms. The molecular weight excluding hydrogens is 190 g/mol. The molecule has 0 aromatic carbocycles. The number of nitrogens with two attached hydrogens (primary N) is 1. The third-order valence-corrected chi connectivity index (χ3v) is 3.17. The summed E-state index contributed by atoms with van der Waals surface area (Å²) in [5.41, 5.74) is 6.02. The third kappa shape index (κ3) is 2.45. The van der Waals surface area contributed by atoms with Crippen molar-refractivity contribution >= 4 is 0 Å². The van der Waals surface area contributed by atoms with Gasteiger partial charge in [0.15, 0.2) is 0 Å². The van der Waals surface area contributed by atoms with Crippen LogP contribution < -0.4 is 11.3 Å². The molecule has 1 aliphatic carbocycles. The quantitative estimate of drug-likeness (QED) is 0.796. The first-order valence-electron chi connectivity index (χ1n) is 5.55. The van der Waals surface area contributed by atoms with E-state index in [1.807, 2.05) is 0 Å². The highest BCUT2D eigenvalue weighted by atomic mass is 16.1. The predicted octanol–water partition coefficient (Wildman–Crippen LogP) is 0.761. The van der Waals surface area contributed by atoms with Gasteiger partial charge in [-0.1, -0.05) is 12.8 Å². The van der Waals surface area contributed by atoms with E-state index >= 15 is 0 Å². The van der Waals surface area contributed by atoms with Crippen LogP contribution in [0.4, 0.5) is 0 Å². The summed E-state index contributed by atoms with van der Waals surface area (Å²) in [7, 11) is 0. The van der Waals surface area contributed by atoms with Gasteiger partial charge in [-0.3, -0.25) is 4.79 Å². The minimum atomic E-state index is -0.0639. The molecule has 0 aliphatic heterocycles. The van der Waals surface area contributed by atoms with Gasteiger partial charge in [0.25, 0.3) is 5.56 Å². The zero-order valence-corrected chi connectivity index (χ0v) is 8.80. The van der Waals surface area contributed by atoms with Crippen molar-refractivity contribution in [2.45, 2.75) is 38.3 Å². The maximum absolute atomic E-state index is 11.4. The number of hydrogen-bond donors (Lipinski definition) is 1. The third-order valence-electron chi connectivity index (χ3n) is 3.17. The van der Waals surface area contributed by atoms with Crippen LogP contribution in [-0.4, -0.2) is 15.8 Å². The van der Waals surface area contributed by atoms with Gasteiger partial charge in [-0.2, -0.15) is 5.10 Å². The van der Waals surface area contributed by atoms with E-state index in [0.717, 1.165) is 0 Å². The molecule has 0 radical (unpaired) electrons. The zero-order valence-electron chi connectivity index (χ0n) is 8.80. The molecule has 2 N–H and O–H groups in total. The van der Waals surface area contributed by atoms with Crippen LogP contribution in [0.5, 0.6) is 0 Å². The predicted molar refractivity (Wildman–Crippen MR) is 58.4 cm³/mol. The van der Waals surface area contributed by atoms with Crippen molar-refractivity contribution in [2.75, 3.05) is 0 Å². The lowest BCUT2D eigenvalue weighted by Gasteiger charge is -2.18. The fourth-order valence-electron chi connectivity index (χ4n) is 2.26. The molecule has 1 saturated carbocycles. The van der Waals surface area contributed by atoms with Gasteiger partial charge >= 0.3 is 0 Å². The molecule has 0 amide bonds. The van der Waals surface area contributed by atoms with Crippen LogP contribution in [0.1, 0.15) is 25.7 Å². The summed E-state index contributed by atoms with van der Waals surface area (Å²) in [6.45, 7) is 0.546. The highest BCUT2D eigenvalue weighted by Crippen LogP contribution is 2.27. The van der Waals surface area contributed by atoms with Crippen LogP contribution in [0.3, 0.4) is 0 Å². The van der Waals surface area contributed by atoms with Gasteiger partial charge in [0.05, 0.1) is 6.54 Å². The van der Waals surface area contributed by atoms with Crippen molar-refractivity contribution in [1.29, 1.82) is 0 Å². The van der Waals surface area contributed by atoms with E-state index in [1.54, 1.807) is 12.3 Å².